The van der Waals surface area contributed by atoms with Gasteiger partial charge in [0.25, 0.3) is 0 Å². The highest BCUT2D eigenvalue weighted by Crippen LogP contribution is 2.11. The average molecular weight is 239 g/mol. The maximum atomic E-state index is 5.51. The minimum absolute atomic E-state index is 0.151. The van der Waals surface area contributed by atoms with E-state index < -0.39 is 0 Å². The Labute approximate surface area is 102 Å². The van der Waals surface area contributed by atoms with E-state index in [1.54, 1.807) is 6.20 Å². The van der Waals surface area contributed by atoms with Crippen LogP contribution >= 0.6 is 0 Å². The van der Waals surface area contributed by atoms with Gasteiger partial charge in [-0.2, -0.15) is 0 Å². The van der Waals surface area contributed by atoms with Gasteiger partial charge in [0.1, 0.15) is 0 Å². The molecule has 2 N–H and O–H groups in total. The zero-order valence-electron chi connectivity index (χ0n) is 10.8. The first-order valence-corrected chi connectivity index (χ1v) is 5.98. The first-order chi connectivity index (χ1) is 8.17. The molecule has 17 heavy (non-hydrogen) atoms. The molecule has 0 fully saturated rings. The molecule has 0 aromatic carbocycles. The smallest absolute Gasteiger partial charge is 0.220 e. The number of nitrogens with two attached hydrogens (primary N) is 1. The number of nitrogens with zero attached hydrogens (tertiary/aromatic N) is 2. The van der Waals surface area contributed by atoms with Crippen LogP contribution in [0, 0.1) is 6.92 Å². The Morgan fingerprint density at radius 3 is 2.47 bits per heavy atom. The molecular weight excluding hydrogens is 218 g/mol. The van der Waals surface area contributed by atoms with Gasteiger partial charge in [0.2, 0.25) is 5.95 Å². The number of aromatic nitrogens is 2. The van der Waals surface area contributed by atoms with E-state index in [1.807, 2.05) is 20.8 Å². The Kier molecular flexibility index (Phi) is 5.86. The number of aryl methyl sites for hydroxylation is 2. The Bertz CT molecular complexity index is 339. The topological polar surface area (TPSA) is 70.3 Å². The minimum Gasteiger partial charge on any atom is -0.368 e. The summed E-state index contributed by atoms with van der Waals surface area (Å²) < 4.78 is 11.0. The van der Waals surface area contributed by atoms with Gasteiger partial charge in [-0.3, -0.25) is 0 Å². The highest BCUT2D eigenvalue weighted by molar-refractivity contribution is 5.24. The average Bonchev–Trinajstić information content (AvgIpc) is 2.28. The fraction of sp³-hybridized carbons (Fsp3) is 0.667. The third kappa shape index (κ3) is 4.66. The summed E-state index contributed by atoms with van der Waals surface area (Å²) in [6.07, 6.45) is 3.25. The Morgan fingerprint density at radius 2 is 1.94 bits per heavy atom. The SMILES string of the molecule is CCOC(CCc1cnc(N)nc1C)OCC. The molecular formula is C12H21N3O2. The summed E-state index contributed by atoms with van der Waals surface area (Å²) >= 11 is 0. The highest BCUT2D eigenvalue weighted by atomic mass is 16.7. The van der Waals surface area contributed by atoms with E-state index in [0.29, 0.717) is 19.2 Å². The van der Waals surface area contributed by atoms with Crippen molar-refractivity contribution in [2.24, 2.45) is 0 Å². The van der Waals surface area contributed by atoms with Crippen molar-refractivity contribution in [1.29, 1.82) is 0 Å². The molecule has 0 saturated carbocycles. The van der Waals surface area contributed by atoms with Crippen LogP contribution in [0.1, 0.15) is 31.5 Å². The predicted octanol–water partition coefficient (Wildman–Crippen LogP) is 1.70. The van der Waals surface area contributed by atoms with Crippen molar-refractivity contribution in [3.63, 3.8) is 0 Å². The summed E-state index contributed by atoms with van der Waals surface area (Å²) in [6.45, 7) is 7.17. The second-order valence-electron chi connectivity index (χ2n) is 3.72. The van der Waals surface area contributed by atoms with E-state index in [9.17, 15) is 0 Å². The molecule has 1 aromatic heterocycles. The number of ether oxygens (including phenoxy) is 2. The quantitative estimate of drug-likeness (QED) is 0.733. The first kappa shape index (κ1) is 13.9. The van der Waals surface area contributed by atoms with Gasteiger partial charge in [0.05, 0.1) is 0 Å². The van der Waals surface area contributed by atoms with E-state index in [0.717, 1.165) is 24.1 Å². The molecule has 0 atom stereocenters. The van der Waals surface area contributed by atoms with Crippen LogP contribution < -0.4 is 5.73 Å². The fourth-order valence-electron chi connectivity index (χ4n) is 1.62. The van der Waals surface area contributed by atoms with Crippen molar-refractivity contribution in [2.75, 3.05) is 18.9 Å². The Balaban J connectivity index is 2.52. The number of hydrogen-bond acceptors (Lipinski definition) is 5. The van der Waals surface area contributed by atoms with Gasteiger partial charge < -0.3 is 15.2 Å². The Hall–Kier alpha value is -1.20. The molecule has 0 radical (unpaired) electrons. The molecule has 0 saturated heterocycles. The lowest BCUT2D eigenvalue weighted by atomic mass is 10.1. The maximum Gasteiger partial charge on any atom is 0.220 e. The van der Waals surface area contributed by atoms with Crippen molar-refractivity contribution in [3.05, 3.63) is 17.5 Å². The number of nitrogen functional groups attached to an aromatic ring is 1. The van der Waals surface area contributed by atoms with Crippen LogP contribution in [0.3, 0.4) is 0 Å². The van der Waals surface area contributed by atoms with Crippen LogP contribution in [-0.2, 0) is 15.9 Å². The summed E-state index contributed by atoms with van der Waals surface area (Å²) in [7, 11) is 0. The molecule has 0 unspecified atom stereocenters. The number of hydrogen-bond donors (Lipinski definition) is 1. The van der Waals surface area contributed by atoms with Crippen LogP contribution in [0.15, 0.2) is 6.20 Å². The van der Waals surface area contributed by atoms with E-state index >= 15 is 0 Å². The normalized spacial score (nSPS) is 11.1. The molecule has 5 nitrogen and oxygen atoms in total. The molecule has 1 rings (SSSR count). The molecule has 0 aliphatic rings. The van der Waals surface area contributed by atoms with Gasteiger partial charge in [-0.1, -0.05) is 0 Å². The predicted molar refractivity (Wildman–Crippen MR) is 66.5 cm³/mol. The van der Waals surface area contributed by atoms with Crippen molar-refractivity contribution in [3.8, 4) is 0 Å². The molecule has 1 heterocycles. The zero-order chi connectivity index (χ0) is 12.7. The van der Waals surface area contributed by atoms with Gasteiger partial charge in [-0.25, -0.2) is 9.97 Å². The molecule has 0 amide bonds. The molecule has 0 aliphatic carbocycles. The van der Waals surface area contributed by atoms with E-state index in [2.05, 4.69) is 9.97 Å². The monoisotopic (exact) mass is 239 g/mol. The molecule has 5 heteroatoms. The van der Waals surface area contributed by atoms with Crippen LogP contribution in [0.25, 0.3) is 0 Å². The van der Waals surface area contributed by atoms with E-state index in [-0.39, 0.29) is 6.29 Å². The fourth-order valence-corrected chi connectivity index (χ4v) is 1.62. The molecule has 0 spiro atoms. The Morgan fingerprint density at radius 1 is 1.29 bits per heavy atom. The lowest BCUT2D eigenvalue weighted by Gasteiger charge is -2.17. The van der Waals surface area contributed by atoms with E-state index in [1.165, 1.54) is 0 Å². The summed E-state index contributed by atoms with van der Waals surface area (Å²) in [5.41, 5.74) is 7.51. The van der Waals surface area contributed by atoms with Gasteiger partial charge in [0, 0.05) is 31.5 Å². The first-order valence-electron chi connectivity index (χ1n) is 5.98. The third-order valence-electron chi connectivity index (χ3n) is 2.45. The van der Waals surface area contributed by atoms with Gasteiger partial charge in [-0.05, 0) is 32.8 Å². The van der Waals surface area contributed by atoms with Crippen LogP contribution in [0.5, 0.6) is 0 Å². The molecule has 96 valence electrons. The van der Waals surface area contributed by atoms with Crippen molar-refractivity contribution >= 4 is 5.95 Å². The highest BCUT2D eigenvalue weighted by Gasteiger charge is 2.10. The number of rotatable bonds is 7. The maximum absolute atomic E-state index is 5.51. The van der Waals surface area contributed by atoms with Gasteiger partial charge in [-0.15, -0.1) is 0 Å². The third-order valence-corrected chi connectivity index (χ3v) is 2.45. The van der Waals surface area contributed by atoms with Crippen molar-refractivity contribution < 1.29 is 9.47 Å². The summed E-state index contributed by atoms with van der Waals surface area (Å²) in [5, 5.41) is 0. The van der Waals surface area contributed by atoms with Crippen LogP contribution in [-0.4, -0.2) is 29.5 Å². The lowest BCUT2D eigenvalue weighted by molar-refractivity contribution is -0.139. The van der Waals surface area contributed by atoms with Crippen LogP contribution in [0.4, 0.5) is 5.95 Å². The largest absolute Gasteiger partial charge is 0.368 e. The summed E-state index contributed by atoms with van der Waals surface area (Å²) in [6, 6.07) is 0. The summed E-state index contributed by atoms with van der Waals surface area (Å²) in [4.78, 5) is 8.12. The van der Waals surface area contributed by atoms with Gasteiger partial charge in [0.15, 0.2) is 6.29 Å². The van der Waals surface area contributed by atoms with Crippen LogP contribution in [0.2, 0.25) is 0 Å². The second-order valence-corrected chi connectivity index (χ2v) is 3.72. The lowest BCUT2D eigenvalue weighted by Crippen LogP contribution is -2.18. The zero-order valence-corrected chi connectivity index (χ0v) is 10.8. The van der Waals surface area contributed by atoms with Gasteiger partial charge >= 0.3 is 0 Å². The molecule has 0 aliphatic heterocycles. The molecule has 1 aromatic rings. The minimum atomic E-state index is -0.151. The molecule has 0 bridgehead atoms. The van der Waals surface area contributed by atoms with E-state index in [4.69, 9.17) is 15.2 Å². The second kappa shape index (κ2) is 7.19. The van der Waals surface area contributed by atoms with Crippen molar-refractivity contribution in [2.45, 2.75) is 39.9 Å². The summed E-state index contributed by atoms with van der Waals surface area (Å²) in [5.74, 6) is 0.317. The van der Waals surface area contributed by atoms with Crippen molar-refractivity contribution in [1.82, 2.24) is 9.97 Å². The number of anilines is 1. The standard InChI is InChI=1S/C12H21N3O2/c1-4-16-11(17-5-2)7-6-10-8-14-12(13)15-9(10)3/h8,11H,4-7H2,1-3H3,(H2,13,14,15).